The maximum atomic E-state index is 10.1. The molecule has 5 nitrogen and oxygen atoms in total. The molecule has 1 aromatic heterocycles. The van der Waals surface area contributed by atoms with E-state index in [1.165, 1.54) is 0 Å². The largest absolute Gasteiger partial charge is 0.387 e. The number of hydrogen-bond acceptors (Lipinski definition) is 5. The zero-order valence-electron chi connectivity index (χ0n) is 10.7. The van der Waals surface area contributed by atoms with Crippen LogP contribution in [0.1, 0.15) is 12.6 Å². The lowest BCUT2D eigenvalue weighted by Crippen LogP contribution is -2.43. The Bertz CT molecular complexity index is 361. The number of nitrogens with zero attached hydrogens (tertiary/aromatic N) is 3. The molecule has 1 heterocycles. The number of likely N-dealkylation sites (N-methyl/N-ethyl adjacent to an activating group) is 1. The van der Waals surface area contributed by atoms with Gasteiger partial charge in [0.2, 0.25) is 5.28 Å². The number of hydrogen-bond donors (Lipinski definition) is 2. The van der Waals surface area contributed by atoms with Crippen LogP contribution in [-0.2, 0) is 0 Å². The molecule has 1 unspecified atom stereocenters. The van der Waals surface area contributed by atoms with Crippen molar-refractivity contribution in [1.29, 1.82) is 0 Å². The summed E-state index contributed by atoms with van der Waals surface area (Å²) in [6.07, 6.45) is 0. The summed E-state index contributed by atoms with van der Waals surface area (Å²) in [5.41, 5.74) is -0.0331. The molecule has 0 fully saturated rings. The maximum absolute atomic E-state index is 10.1. The Hall–Kier alpha value is -0.910. The van der Waals surface area contributed by atoms with Crippen molar-refractivity contribution in [3.05, 3.63) is 17.0 Å². The first-order valence-electron chi connectivity index (χ1n) is 5.41. The van der Waals surface area contributed by atoms with Gasteiger partial charge in [0.05, 0.1) is 5.60 Å². The Balaban J connectivity index is 2.60. The monoisotopic (exact) mass is 258 g/mol. The van der Waals surface area contributed by atoms with E-state index in [0.29, 0.717) is 18.9 Å². The van der Waals surface area contributed by atoms with E-state index < -0.39 is 5.60 Å². The molecule has 1 aromatic rings. The zero-order valence-corrected chi connectivity index (χ0v) is 11.4. The highest BCUT2D eigenvalue weighted by molar-refractivity contribution is 6.28. The predicted molar refractivity (Wildman–Crippen MR) is 69.4 cm³/mol. The molecule has 0 saturated heterocycles. The fourth-order valence-corrected chi connectivity index (χ4v) is 1.87. The molecule has 2 N–H and O–H groups in total. The van der Waals surface area contributed by atoms with Crippen LogP contribution in [0, 0.1) is 6.92 Å². The maximum Gasteiger partial charge on any atom is 0.224 e. The second-order valence-electron chi connectivity index (χ2n) is 4.75. The van der Waals surface area contributed by atoms with Gasteiger partial charge in [-0.05, 0) is 39.5 Å². The number of aryl methyl sites for hydroxylation is 1. The van der Waals surface area contributed by atoms with Crippen molar-refractivity contribution >= 4 is 17.4 Å². The average molecular weight is 259 g/mol. The molecule has 0 aromatic carbocycles. The summed E-state index contributed by atoms with van der Waals surface area (Å²) in [7, 11) is 3.83. The van der Waals surface area contributed by atoms with Crippen LogP contribution in [0.5, 0.6) is 0 Å². The standard InChI is InChI=1S/C11H19ClN4O/c1-8-5-9(15-10(12)14-8)13-6-11(2,17)7-16(3)4/h5,17H,6-7H2,1-4H3,(H,13,14,15). The Morgan fingerprint density at radius 3 is 2.65 bits per heavy atom. The van der Waals surface area contributed by atoms with Gasteiger partial charge < -0.3 is 15.3 Å². The summed E-state index contributed by atoms with van der Waals surface area (Å²) in [5, 5.41) is 13.4. The number of aromatic nitrogens is 2. The Labute approximate surface area is 107 Å². The lowest BCUT2D eigenvalue weighted by molar-refractivity contribution is 0.0459. The molecule has 0 bridgehead atoms. The molecule has 0 aliphatic heterocycles. The minimum atomic E-state index is -0.825. The normalized spacial score (nSPS) is 14.8. The lowest BCUT2D eigenvalue weighted by atomic mass is 10.1. The molecule has 1 atom stereocenters. The first kappa shape index (κ1) is 14.2. The van der Waals surface area contributed by atoms with Crippen LogP contribution in [0.15, 0.2) is 6.07 Å². The quantitative estimate of drug-likeness (QED) is 0.777. The summed E-state index contributed by atoms with van der Waals surface area (Å²) < 4.78 is 0. The van der Waals surface area contributed by atoms with Crippen molar-refractivity contribution in [3.8, 4) is 0 Å². The SMILES string of the molecule is Cc1cc(NCC(C)(O)CN(C)C)nc(Cl)n1. The van der Waals surface area contributed by atoms with E-state index >= 15 is 0 Å². The summed E-state index contributed by atoms with van der Waals surface area (Å²) in [6, 6.07) is 1.79. The van der Waals surface area contributed by atoms with Gasteiger partial charge in [-0.1, -0.05) is 0 Å². The highest BCUT2D eigenvalue weighted by Gasteiger charge is 2.21. The molecule has 0 aliphatic carbocycles. The van der Waals surface area contributed by atoms with Crippen molar-refractivity contribution in [2.75, 3.05) is 32.5 Å². The molecule has 0 amide bonds. The molecule has 0 spiro atoms. The molecule has 0 saturated carbocycles. The third-order valence-electron chi connectivity index (χ3n) is 2.13. The smallest absolute Gasteiger partial charge is 0.224 e. The number of nitrogens with one attached hydrogen (secondary N) is 1. The van der Waals surface area contributed by atoms with Gasteiger partial charge in [-0.25, -0.2) is 9.97 Å². The number of halogens is 1. The summed E-state index contributed by atoms with van der Waals surface area (Å²) in [4.78, 5) is 9.94. The number of anilines is 1. The topological polar surface area (TPSA) is 61.3 Å². The second kappa shape index (κ2) is 5.62. The molecule has 0 aliphatic rings. The van der Waals surface area contributed by atoms with Crippen molar-refractivity contribution in [1.82, 2.24) is 14.9 Å². The van der Waals surface area contributed by atoms with Gasteiger partial charge in [-0.15, -0.1) is 0 Å². The lowest BCUT2D eigenvalue weighted by Gasteiger charge is -2.27. The highest BCUT2D eigenvalue weighted by atomic mass is 35.5. The minimum absolute atomic E-state index is 0.208. The van der Waals surface area contributed by atoms with E-state index in [4.69, 9.17) is 11.6 Å². The predicted octanol–water partition coefficient (Wildman–Crippen LogP) is 1.16. The van der Waals surface area contributed by atoms with Crippen molar-refractivity contribution in [2.24, 2.45) is 0 Å². The number of aliphatic hydroxyl groups is 1. The fourth-order valence-electron chi connectivity index (χ4n) is 1.64. The van der Waals surface area contributed by atoms with Crippen LogP contribution in [0.25, 0.3) is 0 Å². The molecule has 0 radical (unpaired) electrons. The van der Waals surface area contributed by atoms with Crippen LogP contribution in [0.2, 0.25) is 5.28 Å². The van der Waals surface area contributed by atoms with Gasteiger partial charge in [0.1, 0.15) is 5.82 Å². The van der Waals surface area contributed by atoms with Crippen LogP contribution in [0.4, 0.5) is 5.82 Å². The average Bonchev–Trinajstić information content (AvgIpc) is 2.11. The van der Waals surface area contributed by atoms with Gasteiger partial charge >= 0.3 is 0 Å². The molecule has 17 heavy (non-hydrogen) atoms. The minimum Gasteiger partial charge on any atom is -0.387 e. The third-order valence-corrected chi connectivity index (χ3v) is 2.30. The zero-order chi connectivity index (χ0) is 13.1. The molecule has 96 valence electrons. The van der Waals surface area contributed by atoms with Gasteiger partial charge in [-0.2, -0.15) is 0 Å². The van der Waals surface area contributed by atoms with E-state index in [9.17, 15) is 5.11 Å². The fraction of sp³-hybridized carbons (Fsp3) is 0.636. The third kappa shape index (κ3) is 5.30. The van der Waals surface area contributed by atoms with Gasteiger partial charge in [0.25, 0.3) is 0 Å². The summed E-state index contributed by atoms with van der Waals surface area (Å²) >= 11 is 5.75. The molecule has 6 heteroatoms. The Morgan fingerprint density at radius 1 is 1.47 bits per heavy atom. The molecular formula is C11H19ClN4O. The van der Waals surface area contributed by atoms with E-state index in [1.54, 1.807) is 13.0 Å². The van der Waals surface area contributed by atoms with Crippen LogP contribution in [0.3, 0.4) is 0 Å². The van der Waals surface area contributed by atoms with Crippen LogP contribution >= 0.6 is 11.6 Å². The van der Waals surface area contributed by atoms with Crippen molar-refractivity contribution in [2.45, 2.75) is 19.4 Å². The van der Waals surface area contributed by atoms with E-state index in [2.05, 4.69) is 15.3 Å². The van der Waals surface area contributed by atoms with E-state index in [0.717, 1.165) is 5.69 Å². The van der Waals surface area contributed by atoms with Gasteiger partial charge in [0.15, 0.2) is 0 Å². The van der Waals surface area contributed by atoms with Gasteiger partial charge in [-0.3, -0.25) is 0 Å². The second-order valence-corrected chi connectivity index (χ2v) is 5.09. The summed E-state index contributed by atoms with van der Waals surface area (Å²) in [6.45, 7) is 4.59. The first-order valence-corrected chi connectivity index (χ1v) is 5.78. The first-order chi connectivity index (χ1) is 7.78. The van der Waals surface area contributed by atoms with E-state index in [-0.39, 0.29) is 5.28 Å². The Morgan fingerprint density at radius 2 is 2.12 bits per heavy atom. The highest BCUT2D eigenvalue weighted by Crippen LogP contribution is 2.12. The number of rotatable bonds is 5. The van der Waals surface area contributed by atoms with E-state index in [1.807, 2.05) is 25.9 Å². The van der Waals surface area contributed by atoms with Crippen LogP contribution < -0.4 is 5.32 Å². The molecular weight excluding hydrogens is 240 g/mol. The summed E-state index contributed by atoms with van der Waals surface area (Å²) in [5.74, 6) is 0.626. The van der Waals surface area contributed by atoms with Crippen LogP contribution in [-0.4, -0.2) is 52.8 Å². The van der Waals surface area contributed by atoms with Gasteiger partial charge in [0, 0.05) is 24.8 Å². The molecule has 1 rings (SSSR count). The Kier molecular flexibility index (Phi) is 4.68. The van der Waals surface area contributed by atoms with Crippen molar-refractivity contribution < 1.29 is 5.11 Å². The van der Waals surface area contributed by atoms with Crippen molar-refractivity contribution in [3.63, 3.8) is 0 Å².